The number of carbonyl (C=O) groups is 1. The van der Waals surface area contributed by atoms with Crippen LogP contribution in [0.15, 0.2) is 53.2 Å². The number of hydrogen-bond donors (Lipinski definition) is 1. The molecule has 0 saturated heterocycles. The van der Waals surface area contributed by atoms with Crippen LogP contribution in [0.2, 0.25) is 0 Å². The summed E-state index contributed by atoms with van der Waals surface area (Å²) in [4.78, 5) is 12.7. The molecule has 0 aliphatic carbocycles. The number of aromatic nitrogens is 1. The second-order valence-corrected chi connectivity index (χ2v) is 7.03. The summed E-state index contributed by atoms with van der Waals surface area (Å²) in [6, 6.07) is 9.71. The van der Waals surface area contributed by atoms with Gasteiger partial charge < -0.3 is 9.67 Å². The van der Waals surface area contributed by atoms with Crippen molar-refractivity contribution in [1.82, 2.24) is 8.87 Å². The van der Waals surface area contributed by atoms with Gasteiger partial charge in [-0.15, -0.1) is 0 Å². The van der Waals surface area contributed by atoms with Crippen molar-refractivity contribution in [1.29, 1.82) is 0 Å². The van der Waals surface area contributed by atoms with E-state index in [2.05, 4.69) is 0 Å². The van der Waals surface area contributed by atoms with Gasteiger partial charge in [0.25, 0.3) is 10.0 Å². The summed E-state index contributed by atoms with van der Waals surface area (Å²) in [6.45, 7) is -0.544. The molecule has 0 spiro atoms. The molecule has 2 aromatic rings. The standard InChI is InChI=1S/C16H16N2O4S/c1-17-8-4-5-12(17)11-14-16(20)13-6-2-3-7-15(13)23(21,22)18(14)9-10-19/h2-8,11,19H,9-10H2,1H3/b14-11+. The molecule has 2 heterocycles. The summed E-state index contributed by atoms with van der Waals surface area (Å²) in [5, 5.41) is 9.23. The van der Waals surface area contributed by atoms with Crippen molar-refractivity contribution in [3.8, 4) is 0 Å². The lowest BCUT2D eigenvalue weighted by atomic mass is 10.1. The fourth-order valence-electron chi connectivity index (χ4n) is 2.61. The van der Waals surface area contributed by atoms with Crippen molar-refractivity contribution in [3.05, 3.63) is 59.5 Å². The molecule has 0 atom stereocenters. The molecular formula is C16H16N2O4S. The van der Waals surface area contributed by atoms with Crippen molar-refractivity contribution in [2.24, 2.45) is 7.05 Å². The van der Waals surface area contributed by atoms with Crippen LogP contribution in [0.4, 0.5) is 0 Å². The number of sulfonamides is 1. The highest BCUT2D eigenvalue weighted by molar-refractivity contribution is 7.89. The maximum absolute atomic E-state index is 12.8. The van der Waals surface area contributed by atoms with Gasteiger partial charge in [-0.1, -0.05) is 12.1 Å². The minimum absolute atomic E-state index is 0.0255. The van der Waals surface area contributed by atoms with E-state index in [0.29, 0.717) is 5.69 Å². The summed E-state index contributed by atoms with van der Waals surface area (Å²) in [5.74, 6) is -0.370. The first kappa shape index (κ1) is 15.5. The van der Waals surface area contributed by atoms with E-state index in [1.54, 1.807) is 42.1 Å². The van der Waals surface area contributed by atoms with Crippen LogP contribution in [0.25, 0.3) is 6.08 Å². The van der Waals surface area contributed by atoms with Gasteiger partial charge >= 0.3 is 0 Å². The Morgan fingerprint density at radius 3 is 2.57 bits per heavy atom. The molecule has 0 radical (unpaired) electrons. The minimum atomic E-state index is -3.87. The molecule has 3 rings (SSSR count). The maximum atomic E-state index is 12.8. The van der Waals surface area contributed by atoms with Crippen molar-refractivity contribution in [2.45, 2.75) is 4.90 Å². The van der Waals surface area contributed by atoms with Crippen molar-refractivity contribution in [3.63, 3.8) is 0 Å². The summed E-state index contributed by atoms with van der Waals surface area (Å²) >= 11 is 0. The average Bonchev–Trinajstić information content (AvgIpc) is 2.94. The van der Waals surface area contributed by atoms with Gasteiger partial charge in [0.05, 0.1) is 18.0 Å². The van der Waals surface area contributed by atoms with E-state index >= 15 is 0 Å². The third-order valence-electron chi connectivity index (χ3n) is 3.77. The Kier molecular flexibility index (Phi) is 3.83. The van der Waals surface area contributed by atoms with Gasteiger partial charge in [0.15, 0.2) is 0 Å². The molecule has 1 aliphatic rings. The van der Waals surface area contributed by atoms with Crippen molar-refractivity contribution >= 4 is 21.9 Å². The number of hydrogen-bond acceptors (Lipinski definition) is 4. The molecule has 1 aromatic heterocycles. The Bertz CT molecular complexity index is 896. The largest absolute Gasteiger partial charge is 0.394 e. The predicted octanol–water partition coefficient (Wildman–Crippen LogP) is 1.25. The number of benzene rings is 1. The molecule has 1 aromatic carbocycles. The van der Waals surface area contributed by atoms with Crippen LogP contribution >= 0.6 is 0 Å². The second-order valence-electron chi connectivity index (χ2n) is 5.20. The zero-order valence-electron chi connectivity index (χ0n) is 12.5. The van der Waals surface area contributed by atoms with E-state index in [0.717, 1.165) is 4.31 Å². The molecule has 23 heavy (non-hydrogen) atoms. The van der Waals surface area contributed by atoms with Gasteiger partial charge in [0.2, 0.25) is 5.78 Å². The SMILES string of the molecule is Cn1cccc1/C=C1\C(=O)c2ccccc2S(=O)(=O)N1CCO. The lowest BCUT2D eigenvalue weighted by Gasteiger charge is -2.30. The van der Waals surface area contributed by atoms with Gasteiger partial charge in [0, 0.05) is 24.5 Å². The Labute approximate surface area is 134 Å². The molecule has 6 nitrogen and oxygen atoms in total. The molecule has 7 heteroatoms. The molecule has 0 unspecified atom stereocenters. The number of β-amino-alcohol motifs (C(OH)–C–C–N with tert-alkyl or cyclic N) is 1. The quantitative estimate of drug-likeness (QED) is 0.858. The lowest BCUT2D eigenvalue weighted by Crippen LogP contribution is -2.40. The number of aliphatic hydroxyl groups excluding tert-OH is 1. The predicted molar refractivity (Wildman–Crippen MR) is 85.1 cm³/mol. The lowest BCUT2D eigenvalue weighted by molar-refractivity contribution is 0.0998. The molecule has 1 aliphatic heterocycles. The van der Waals surface area contributed by atoms with Crippen LogP contribution < -0.4 is 0 Å². The third-order valence-corrected chi connectivity index (χ3v) is 5.64. The molecule has 0 bridgehead atoms. The van der Waals surface area contributed by atoms with E-state index in [9.17, 15) is 18.3 Å². The number of nitrogens with zero attached hydrogens (tertiary/aromatic N) is 2. The van der Waals surface area contributed by atoms with Crippen LogP contribution in [0.5, 0.6) is 0 Å². The fourth-order valence-corrected chi connectivity index (χ4v) is 4.26. The number of Topliss-reactive ketones (excluding diaryl/α,β-unsaturated/α-hetero) is 1. The van der Waals surface area contributed by atoms with E-state index in [1.165, 1.54) is 18.2 Å². The number of carbonyl (C=O) groups excluding carboxylic acids is 1. The Morgan fingerprint density at radius 1 is 1.17 bits per heavy atom. The average molecular weight is 332 g/mol. The zero-order chi connectivity index (χ0) is 16.6. The first-order chi connectivity index (χ1) is 11.0. The van der Waals surface area contributed by atoms with Gasteiger partial charge in [-0.2, -0.15) is 0 Å². The normalized spacial score (nSPS) is 18.3. The highest BCUT2D eigenvalue weighted by atomic mass is 32.2. The molecule has 0 amide bonds. The first-order valence-corrected chi connectivity index (χ1v) is 8.51. The van der Waals surface area contributed by atoms with Crippen LogP contribution in [-0.2, 0) is 17.1 Å². The number of allylic oxidation sites excluding steroid dienone is 1. The van der Waals surface area contributed by atoms with E-state index in [1.807, 2.05) is 0 Å². The molecule has 0 fully saturated rings. The summed E-state index contributed by atoms with van der Waals surface area (Å²) in [5.41, 5.74) is 0.896. The van der Waals surface area contributed by atoms with Crippen LogP contribution in [0.3, 0.4) is 0 Å². The Hall–Kier alpha value is -2.38. The monoisotopic (exact) mass is 332 g/mol. The number of aliphatic hydroxyl groups is 1. The molecule has 1 N–H and O–H groups in total. The summed E-state index contributed by atoms with van der Waals surface area (Å²) in [6.07, 6.45) is 3.34. The smallest absolute Gasteiger partial charge is 0.265 e. The number of fused-ring (bicyclic) bond motifs is 1. The van der Waals surface area contributed by atoms with Gasteiger partial charge in [0.1, 0.15) is 5.70 Å². The van der Waals surface area contributed by atoms with Crippen LogP contribution in [0.1, 0.15) is 16.1 Å². The fraction of sp³-hybridized carbons (Fsp3) is 0.188. The van der Waals surface area contributed by atoms with E-state index < -0.39 is 10.0 Å². The molecule has 120 valence electrons. The topological polar surface area (TPSA) is 79.6 Å². The Morgan fingerprint density at radius 2 is 1.91 bits per heavy atom. The number of rotatable bonds is 3. The van der Waals surface area contributed by atoms with Crippen LogP contribution in [0, 0.1) is 0 Å². The summed E-state index contributed by atoms with van der Waals surface area (Å²) in [7, 11) is -2.06. The van der Waals surface area contributed by atoms with E-state index in [4.69, 9.17) is 0 Å². The maximum Gasteiger partial charge on any atom is 0.265 e. The summed E-state index contributed by atoms with van der Waals surface area (Å²) < 4.78 is 28.3. The van der Waals surface area contributed by atoms with Crippen molar-refractivity contribution < 1.29 is 18.3 Å². The minimum Gasteiger partial charge on any atom is -0.394 e. The third kappa shape index (κ3) is 2.47. The zero-order valence-corrected chi connectivity index (χ0v) is 13.3. The van der Waals surface area contributed by atoms with Crippen molar-refractivity contribution in [2.75, 3.05) is 13.2 Å². The highest BCUT2D eigenvalue weighted by Crippen LogP contribution is 2.32. The van der Waals surface area contributed by atoms with E-state index in [-0.39, 0.29) is 35.1 Å². The van der Waals surface area contributed by atoms with Gasteiger partial charge in [-0.25, -0.2) is 8.42 Å². The second kappa shape index (κ2) is 5.68. The first-order valence-electron chi connectivity index (χ1n) is 7.07. The number of ketones is 1. The Balaban J connectivity index is 2.25. The number of aryl methyl sites for hydroxylation is 1. The van der Waals surface area contributed by atoms with Gasteiger partial charge in [-0.05, 0) is 30.3 Å². The molecular weight excluding hydrogens is 316 g/mol. The van der Waals surface area contributed by atoms with Gasteiger partial charge in [-0.3, -0.25) is 9.10 Å². The van der Waals surface area contributed by atoms with Crippen LogP contribution in [-0.4, -0.2) is 41.3 Å². The molecule has 0 saturated carbocycles. The highest BCUT2D eigenvalue weighted by Gasteiger charge is 2.38.